The summed E-state index contributed by atoms with van der Waals surface area (Å²) in [4.78, 5) is 14.6. The predicted molar refractivity (Wildman–Crippen MR) is 73.4 cm³/mol. The number of aromatic nitrogens is 2. The second-order valence-corrected chi connectivity index (χ2v) is 6.66. The Morgan fingerprint density at radius 2 is 2.30 bits per heavy atom. The molecule has 0 radical (unpaired) electrons. The first-order valence-corrected chi connectivity index (χ1v) is 8.05. The minimum absolute atomic E-state index is 0.152. The molecule has 0 aliphatic heterocycles. The van der Waals surface area contributed by atoms with Crippen LogP contribution in [0.2, 0.25) is 0 Å². The van der Waals surface area contributed by atoms with Crippen molar-refractivity contribution in [2.75, 3.05) is 6.54 Å². The first kappa shape index (κ1) is 14.7. The predicted octanol–water partition coefficient (Wildman–Crippen LogP) is 0.930. The lowest BCUT2D eigenvalue weighted by Gasteiger charge is -2.08. The van der Waals surface area contributed by atoms with Crippen LogP contribution in [0.4, 0.5) is 0 Å². The van der Waals surface area contributed by atoms with Gasteiger partial charge in [-0.25, -0.2) is 22.9 Å². The summed E-state index contributed by atoms with van der Waals surface area (Å²) in [6.45, 7) is 2.16. The number of hydrogen-bond donors (Lipinski definition) is 2. The van der Waals surface area contributed by atoms with Crippen molar-refractivity contribution < 1.29 is 18.3 Å². The highest BCUT2D eigenvalue weighted by molar-refractivity contribution is 7.89. The number of nitrogens with one attached hydrogen (secondary N) is 1. The Morgan fingerprint density at radius 3 is 2.90 bits per heavy atom. The lowest BCUT2D eigenvalue weighted by Crippen LogP contribution is -2.28. The molecule has 108 valence electrons. The maximum atomic E-state index is 12.2. The van der Waals surface area contributed by atoms with Gasteiger partial charge in [-0.1, -0.05) is 0 Å². The Labute approximate surface area is 119 Å². The fourth-order valence-corrected chi connectivity index (χ4v) is 4.36. The van der Waals surface area contributed by atoms with Crippen molar-refractivity contribution in [2.45, 2.75) is 18.4 Å². The van der Waals surface area contributed by atoms with Gasteiger partial charge in [-0.05, 0) is 17.9 Å². The van der Waals surface area contributed by atoms with E-state index in [-0.39, 0.29) is 16.3 Å². The summed E-state index contributed by atoms with van der Waals surface area (Å²) in [6, 6.07) is 0. The molecule has 2 aromatic heterocycles. The van der Waals surface area contributed by atoms with Gasteiger partial charge in [-0.15, -0.1) is 11.3 Å². The van der Waals surface area contributed by atoms with E-state index in [9.17, 15) is 13.2 Å². The summed E-state index contributed by atoms with van der Waals surface area (Å²) in [7, 11) is -3.83. The second kappa shape index (κ2) is 5.73. The van der Waals surface area contributed by atoms with Gasteiger partial charge in [0.25, 0.3) is 0 Å². The number of aromatic carboxylic acids is 1. The Kier molecular flexibility index (Phi) is 4.21. The Hall–Kier alpha value is -1.71. The molecule has 0 aromatic carbocycles. The lowest BCUT2D eigenvalue weighted by molar-refractivity contribution is 0.0698. The van der Waals surface area contributed by atoms with Crippen molar-refractivity contribution in [1.82, 2.24) is 14.3 Å². The molecule has 0 atom stereocenters. The molecule has 2 heterocycles. The third kappa shape index (κ3) is 3.06. The number of carboxylic acid groups (broad SMARTS) is 1. The first-order chi connectivity index (χ1) is 9.42. The molecule has 0 aliphatic carbocycles. The van der Waals surface area contributed by atoms with Crippen LogP contribution >= 0.6 is 11.3 Å². The molecule has 0 aliphatic rings. The molecule has 0 saturated carbocycles. The molecular formula is C11H13N3O4S2. The minimum Gasteiger partial charge on any atom is -0.477 e. The number of aryl methyl sites for hydroxylation is 1. The van der Waals surface area contributed by atoms with Gasteiger partial charge in [0, 0.05) is 25.5 Å². The molecule has 7 nitrogen and oxygen atoms in total. The number of imidazole rings is 1. The van der Waals surface area contributed by atoms with Gasteiger partial charge in [-0.2, -0.15) is 0 Å². The summed E-state index contributed by atoms with van der Waals surface area (Å²) >= 11 is 0.908. The average molecular weight is 315 g/mol. The molecule has 2 rings (SSSR count). The Bertz CT molecular complexity index is 704. The fourth-order valence-electron chi connectivity index (χ4n) is 1.72. The molecule has 0 bridgehead atoms. The van der Waals surface area contributed by atoms with Gasteiger partial charge in [0.1, 0.15) is 9.77 Å². The van der Waals surface area contributed by atoms with Crippen LogP contribution in [0.3, 0.4) is 0 Å². The summed E-state index contributed by atoms with van der Waals surface area (Å²) in [6.07, 6.45) is 4.89. The van der Waals surface area contributed by atoms with E-state index in [0.717, 1.165) is 11.3 Å². The summed E-state index contributed by atoms with van der Waals surface area (Å²) < 4.78 is 28.5. The number of rotatable bonds is 6. The maximum Gasteiger partial charge on any atom is 0.347 e. The second-order valence-electron chi connectivity index (χ2n) is 4.08. The molecule has 20 heavy (non-hydrogen) atoms. The van der Waals surface area contributed by atoms with Crippen molar-refractivity contribution in [3.63, 3.8) is 0 Å². The number of sulfonamides is 1. The number of thiophene rings is 1. The van der Waals surface area contributed by atoms with Gasteiger partial charge in [-0.3, -0.25) is 0 Å². The highest BCUT2D eigenvalue weighted by atomic mass is 32.2. The first-order valence-electron chi connectivity index (χ1n) is 5.68. The van der Waals surface area contributed by atoms with Crippen LogP contribution in [0.5, 0.6) is 0 Å². The smallest absolute Gasteiger partial charge is 0.347 e. The third-order valence-electron chi connectivity index (χ3n) is 2.60. The van der Waals surface area contributed by atoms with E-state index in [2.05, 4.69) is 9.71 Å². The standard InChI is InChI=1S/C11H13N3O4S2/c1-8-6-19-9(11(15)16)10(8)20(17,18)13-3-5-14-4-2-12-7-14/h2,4,6-7,13H,3,5H2,1H3,(H,15,16). The van der Waals surface area contributed by atoms with Crippen molar-refractivity contribution in [1.29, 1.82) is 0 Å². The van der Waals surface area contributed by atoms with Crippen LogP contribution in [0.15, 0.2) is 29.0 Å². The van der Waals surface area contributed by atoms with E-state index >= 15 is 0 Å². The monoisotopic (exact) mass is 315 g/mol. The highest BCUT2D eigenvalue weighted by Gasteiger charge is 2.26. The van der Waals surface area contributed by atoms with Gasteiger partial charge >= 0.3 is 5.97 Å². The van der Waals surface area contributed by atoms with Crippen LogP contribution in [-0.2, 0) is 16.6 Å². The van der Waals surface area contributed by atoms with Crippen LogP contribution in [0.25, 0.3) is 0 Å². The number of hydrogen-bond acceptors (Lipinski definition) is 5. The van der Waals surface area contributed by atoms with Gasteiger partial charge in [0.15, 0.2) is 0 Å². The average Bonchev–Trinajstić information content (AvgIpc) is 2.98. The van der Waals surface area contributed by atoms with E-state index in [1.807, 2.05) is 0 Å². The maximum absolute atomic E-state index is 12.2. The van der Waals surface area contributed by atoms with Crippen molar-refractivity contribution in [3.8, 4) is 0 Å². The highest BCUT2D eigenvalue weighted by Crippen LogP contribution is 2.26. The number of carbonyl (C=O) groups is 1. The fraction of sp³-hybridized carbons (Fsp3) is 0.273. The molecule has 0 unspecified atom stereocenters. The van der Waals surface area contributed by atoms with Gasteiger partial charge in [0.2, 0.25) is 10.0 Å². The zero-order valence-corrected chi connectivity index (χ0v) is 12.2. The van der Waals surface area contributed by atoms with E-state index in [4.69, 9.17) is 5.11 Å². The normalized spacial score (nSPS) is 11.7. The van der Waals surface area contributed by atoms with Crippen LogP contribution in [0.1, 0.15) is 15.2 Å². The zero-order valence-electron chi connectivity index (χ0n) is 10.6. The van der Waals surface area contributed by atoms with Crippen LogP contribution < -0.4 is 4.72 Å². The quantitative estimate of drug-likeness (QED) is 0.826. The van der Waals surface area contributed by atoms with Crippen molar-refractivity contribution in [2.24, 2.45) is 0 Å². The molecule has 0 fully saturated rings. The van der Waals surface area contributed by atoms with Crippen LogP contribution in [0, 0.1) is 6.92 Å². The molecule has 0 saturated heterocycles. The van der Waals surface area contributed by atoms with Crippen molar-refractivity contribution in [3.05, 3.63) is 34.5 Å². The molecule has 0 spiro atoms. The van der Waals surface area contributed by atoms with Gasteiger partial charge < -0.3 is 9.67 Å². The minimum atomic E-state index is -3.83. The van der Waals surface area contributed by atoms with Gasteiger partial charge in [0.05, 0.1) is 6.33 Å². The summed E-state index contributed by atoms with van der Waals surface area (Å²) in [5.41, 5.74) is 0.433. The molecule has 9 heteroatoms. The third-order valence-corrected chi connectivity index (χ3v) is 5.46. The van der Waals surface area contributed by atoms with E-state index in [1.54, 1.807) is 30.2 Å². The topological polar surface area (TPSA) is 101 Å². The summed E-state index contributed by atoms with van der Waals surface area (Å²) in [5.74, 6) is -1.24. The Morgan fingerprint density at radius 1 is 1.55 bits per heavy atom. The molecule has 2 N–H and O–H groups in total. The zero-order chi connectivity index (χ0) is 14.8. The van der Waals surface area contributed by atoms with Crippen molar-refractivity contribution >= 4 is 27.3 Å². The van der Waals surface area contributed by atoms with E-state index in [0.29, 0.717) is 12.1 Å². The van der Waals surface area contributed by atoms with E-state index < -0.39 is 16.0 Å². The van der Waals surface area contributed by atoms with E-state index in [1.165, 1.54) is 5.38 Å². The van der Waals surface area contributed by atoms with Crippen LogP contribution in [-0.4, -0.2) is 35.6 Å². The molecule has 2 aromatic rings. The SMILES string of the molecule is Cc1csc(C(=O)O)c1S(=O)(=O)NCCn1ccnc1. The largest absolute Gasteiger partial charge is 0.477 e. The number of nitrogens with zero attached hydrogens (tertiary/aromatic N) is 2. The summed E-state index contributed by atoms with van der Waals surface area (Å²) in [5, 5.41) is 10.5. The molecule has 0 amide bonds. The number of carboxylic acids is 1. The Balaban J connectivity index is 2.14. The lowest BCUT2D eigenvalue weighted by atomic mass is 10.3. The molecular weight excluding hydrogens is 302 g/mol.